The second-order valence-corrected chi connectivity index (χ2v) is 5.95. The first-order chi connectivity index (χ1) is 10.7. The van der Waals surface area contributed by atoms with Gasteiger partial charge in [0.05, 0.1) is 14.2 Å². The third-order valence-electron chi connectivity index (χ3n) is 2.54. The van der Waals surface area contributed by atoms with Crippen molar-refractivity contribution in [1.29, 1.82) is 0 Å². The maximum atomic E-state index is 11.9. The summed E-state index contributed by atoms with van der Waals surface area (Å²) in [6.45, 7) is 2.02. The summed E-state index contributed by atoms with van der Waals surface area (Å²) in [7, 11) is 3.09. The number of nitrogens with one attached hydrogen (secondary N) is 2. The summed E-state index contributed by atoms with van der Waals surface area (Å²) in [5.41, 5.74) is 0.586. The van der Waals surface area contributed by atoms with Crippen molar-refractivity contribution >= 4 is 40.1 Å². The molecule has 1 aromatic heterocycles. The van der Waals surface area contributed by atoms with Gasteiger partial charge in [0.1, 0.15) is 0 Å². The van der Waals surface area contributed by atoms with Crippen LogP contribution in [-0.4, -0.2) is 35.4 Å². The average molecular weight is 340 g/mol. The Morgan fingerprint density at radius 1 is 1.27 bits per heavy atom. The van der Waals surface area contributed by atoms with Crippen LogP contribution in [0.2, 0.25) is 0 Å². The highest BCUT2D eigenvalue weighted by atomic mass is 32.2. The van der Waals surface area contributed by atoms with Gasteiger partial charge in [0.2, 0.25) is 10.3 Å². The van der Waals surface area contributed by atoms with E-state index >= 15 is 0 Å². The highest BCUT2D eigenvalue weighted by Gasteiger charge is 2.10. The maximum absolute atomic E-state index is 11.9. The van der Waals surface area contributed by atoms with E-state index in [1.165, 1.54) is 18.9 Å². The first-order valence-corrected chi connectivity index (χ1v) is 8.18. The average Bonchev–Trinajstić information content (AvgIpc) is 2.94. The molecule has 0 unspecified atom stereocenters. The number of carbonyl (C=O) groups excluding carboxylic acids is 1. The number of thioether (sulfide) groups is 1. The highest BCUT2D eigenvalue weighted by Crippen LogP contribution is 2.29. The molecule has 9 heteroatoms. The number of anilines is 2. The molecule has 22 heavy (non-hydrogen) atoms. The van der Waals surface area contributed by atoms with Gasteiger partial charge in [0.15, 0.2) is 11.5 Å². The van der Waals surface area contributed by atoms with E-state index in [0.29, 0.717) is 27.5 Å². The minimum atomic E-state index is -0.392. The van der Waals surface area contributed by atoms with Crippen LogP contribution in [-0.2, 0) is 0 Å². The van der Waals surface area contributed by atoms with Crippen molar-refractivity contribution in [2.75, 3.05) is 30.6 Å². The monoisotopic (exact) mass is 340 g/mol. The van der Waals surface area contributed by atoms with Gasteiger partial charge in [0.25, 0.3) is 0 Å². The summed E-state index contributed by atoms with van der Waals surface area (Å²) < 4.78 is 14.5. The maximum Gasteiger partial charge on any atom is 0.325 e. The molecule has 2 rings (SSSR count). The number of benzene rings is 1. The van der Waals surface area contributed by atoms with Gasteiger partial charge in [-0.1, -0.05) is 18.7 Å². The Balaban J connectivity index is 1.99. The van der Waals surface area contributed by atoms with Gasteiger partial charge in [-0.25, -0.2) is 4.79 Å². The molecule has 0 aliphatic heterocycles. The zero-order valence-corrected chi connectivity index (χ0v) is 14.0. The highest BCUT2D eigenvalue weighted by molar-refractivity contribution is 7.99. The number of aromatic nitrogens is 2. The molecule has 0 atom stereocenters. The minimum Gasteiger partial charge on any atom is -0.493 e. The van der Waals surface area contributed by atoms with Crippen LogP contribution in [0.3, 0.4) is 0 Å². The van der Waals surface area contributed by atoms with E-state index in [0.717, 1.165) is 17.3 Å². The quantitative estimate of drug-likeness (QED) is 0.785. The fourth-order valence-electron chi connectivity index (χ4n) is 1.62. The first kappa shape index (κ1) is 16.4. The number of carbonyl (C=O) groups is 1. The van der Waals surface area contributed by atoms with Crippen LogP contribution in [0, 0.1) is 0 Å². The Morgan fingerprint density at radius 3 is 2.73 bits per heavy atom. The van der Waals surface area contributed by atoms with Crippen LogP contribution >= 0.6 is 23.3 Å². The van der Waals surface area contributed by atoms with Gasteiger partial charge in [-0.15, -0.1) is 0 Å². The molecular weight excluding hydrogens is 324 g/mol. The number of ether oxygens (including phenoxy) is 2. The number of hydrogen-bond acceptors (Lipinski definition) is 7. The van der Waals surface area contributed by atoms with Crippen LogP contribution < -0.4 is 20.1 Å². The zero-order chi connectivity index (χ0) is 15.9. The van der Waals surface area contributed by atoms with Crippen LogP contribution in [0.5, 0.6) is 11.5 Å². The second-order valence-electron chi connectivity index (χ2n) is 3.96. The molecule has 1 heterocycles. The third-order valence-corrected chi connectivity index (χ3v) is 4.02. The SMILES string of the molecule is CCSc1nsc(NC(=O)Nc2ccc(OC)c(OC)c2)n1. The predicted octanol–water partition coefficient (Wildman–Crippen LogP) is 3.31. The Morgan fingerprint density at radius 2 is 2.05 bits per heavy atom. The second kappa shape index (κ2) is 7.85. The molecule has 0 radical (unpaired) electrons. The van der Waals surface area contributed by atoms with Gasteiger partial charge in [-0.05, 0) is 17.9 Å². The van der Waals surface area contributed by atoms with E-state index in [2.05, 4.69) is 20.0 Å². The van der Waals surface area contributed by atoms with Crippen molar-refractivity contribution in [2.24, 2.45) is 0 Å². The lowest BCUT2D eigenvalue weighted by Gasteiger charge is -2.10. The third kappa shape index (κ3) is 4.25. The molecule has 2 N–H and O–H groups in total. The van der Waals surface area contributed by atoms with Gasteiger partial charge >= 0.3 is 6.03 Å². The lowest BCUT2D eigenvalue weighted by molar-refractivity contribution is 0.262. The molecule has 118 valence electrons. The Hall–Kier alpha value is -2.00. The fraction of sp³-hybridized carbons (Fsp3) is 0.308. The zero-order valence-electron chi connectivity index (χ0n) is 12.4. The van der Waals surface area contributed by atoms with Crippen molar-refractivity contribution in [3.8, 4) is 11.5 Å². The fourth-order valence-corrected chi connectivity index (χ4v) is 2.89. The Kier molecular flexibility index (Phi) is 5.84. The summed E-state index contributed by atoms with van der Waals surface area (Å²) in [6.07, 6.45) is 0. The van der Waals surface area contributed by atoms with E-state index in [9.17, 15) is 4.79 Å². The Bertz CT molecular complexity index is 648. The molecule has 0 bridgehead atoms. The van der Waals surface area contributed by atoms with Crippen molar-refractivity contribution in [3.05, 3.63) is 18.2 Å². The van der Waals surface area contributed by atoms with Crippen molar-refractivity contribution in [3.63, 3.8) is 0 Å². The molecule has 2 aromatic rings. The van der Waals surface area contributed by atoms with E-state index in [1.54, 1.807) is 25.3 Å². The van der Waals surface area contributed by atoms with E-state index in [4.69, 9.17) is 9.47 Å². The number of amides is 2. The smallest absolute Gasteiger partial charge is 0.325 e. The molecule has 7 nitrogen and oxygen atoms in total. The molecule has 1 aromatic carbocycles. The number of urea groups is 1. The molecule has 0 saturated carbocycles. The summed E-state index contributed by atoms with van der Waals surface area (Å²) >= 11 is 2.67. The normalized spacial score (nSPS) is 10.1. The molecule has 0 aliphatic rings. The molecule has 0 saturated heterocycles. The van der Waals surface area contributed by atoms with Crippen molar-refractivity contribution < 1.29 is 14.3 Å². The minimum absolute atomic E-state index is 0.392. The first-order valence-electron chi connectivity index (χ1n) is 6.42. The lowest BCUT2D eigenvalue weighted by atomic mass is 10.3. The number of rotatable bonds is 6. The molecule has 0 spiro atoms. The van der Waals surface area contributed by atoms with Gasteiger partial charge in [0, 0.05) is 23.3 Å². The number of hydrogen-bond donors (Lipinski definition) is 2. The van der Waals surface area contributed by atoms with Crippen LogP contribution in [0.1, 0.15) is 6.92 Å². The largest absolute Gasteiger partial charge is 0.493 e. The summed E-state index contributed by atoms with van der Waals surface area (Å²) in [5, 5.41) is 6.46. The predicted molar refractivity (Wildman–Crippen MR) is 88.5 cm³/mol. The molecular formula is C13H16N4O3S2. The summed E-state index contributed by atoms with van der Waals surface area (Å²) in [4.78, 5) is 16.1. The van der Waals surface area contributed by atoms with E-state index in [-0.39, 0.29) is 0 Å². The van der Waals surface area contributed by atoms with Gasteiger partial charge < -0.3 is 14.8 Å². The van der Waals surface area contributed by atoms with Crippen molar-refractivity contribution in [2.45, 2.75) is 12.1 Å². The van der Waals surface area contributed by atoms with Crippen LogP contribution in [0.4, 0.5) is 15.6 Å². The summed E-state index contributed by atoms with van der Waals surface area (Å²) in [5.74, 6) is 2.02. The Labute approximate surface area is 136 Å². The number of methoxy groups -OCH3 is 2. The van der Waals surface area contributed by atoms with Crippen LogP contribution in [0.15, 0.2) is 23.4 Å². The van der Waals surface area contributed by atoms with Crippen molar-refractivity contribution in [1.82, 2.24) is 9.36 Å². The van der Waals surface area contributed by atoms with Crippen LogP contribution in [0.25, 0.3) is 0 Å². The van der Waals surface area contributed by atoms with E-state index in [1.807, 2.05) is 6.92 Å². The van der Waals surface area contributed by atoms with Gasteiger partial charge in [-0.3, -0.25) is 5.32 Å². The molecule has 0 fully saturated rings. The molecule has 2 amide bonds. The molecule has 0 aliphatic carbocycles. The van der Waals surface area contributed by atoms with E-state index < -0.39 is 6.03 Å². The lowest BCUT2D eigenvalue weighted by Crippen LogP contribution is -2.19. The number of nitrogens with zero attached hydrogens (tertiary/aromatic N) is 2. The summed E-state index contributed by atoms with van der Waals surface area (Å²) in [6, 6.07) is 4.72. The standard InChI is InChI=1S/C13H16N4O3S2/c1-4-21-13-16-12(22-17-13)15-11(18)14-8-5-6-9(19-2)10(7-8)20-3/h5-7H,4H2,1-3H3,(H2,14,15,16,17,18). The topological polar surface area (TPSA) is 85.4 Å². The van der Waals surface area contributed by atoms with Gasteiger partial charge in [-0.2, -0.15) is 9.36 Å².